The zero-order chi connectivity index (χ0) is 17.2. The second-order valence-corrected chi connectivity index (χ2v) is 7.20. The molecule has 0 saturated carbocycles. The lowest BCUT2D eigenvalue weighted by molar-refractivity contribution is -0.0873. The first-order chi connectivity index (χ1) is 12.2. The Morgan fingerprint density at radius 2 is 1.84 bits per heavy atom. The van der Waals surface area contributed by atoms with Gasteiger partial charge in [0.1, 0.15) is 5.69 Å². The Kier molecular flexibility index (Phi) is 4.64. The summed E-state index contributed by atoms with van der Waals surface area (Å²) >= 11 is 0. The van der Waals surface area contributed by atoms with Gasteiger partial charge >= 0.3 is 0 Å². The van der Waals surface area contributed by atoms with Crippen LogP contribution in [-0.2, 0) is 11.3 Å². The van der Waals surface area contributed by atoms with E-state index in [9.17, 15) is 4.79 Å². The molecule has 3 heterocycles. The SMILES string of the molecule is Cc1cccnc1C(=O)C1CC2COCC(C1)N2Cc1ccccc1. The molecule has 2 atom stereocenters. The fraction of sp³-hybridized carbons (Fsp3) is 0.429. The summed E-state index contributed by atoms with van der Waals surface area (Å²) in [5.74, 6) is 0.258. The highest BCUT2D eigenvalue weighted by Gasteiger charge is 2.41. The number of carbonyl (C=O) groups is 1. The third kappa shape index (κ3) is 3.37. The lowest BCUT2D eigenvalue weighted by Crippen LogP contribution is -2.57. The van der Waals surface area contributed by atoms with E-state index in [1.165, 1.54) is 5.56 Å². The minimum atomic E-state index is 0.0551. The van der Waals surface area contributed by atoms with Gasteiger partial charge in [-0.25, -0.2) is 0 Å². The number of hydrogen-bond donors (Lipinski definition) is 0. The first kappa shape index (κ1) is 16.4. The number of hydrogen-bond acceptors (Lipinski definition) is 4. The second kappa shape index (κ2) is 7.06. The summed E-state index contributed by atoms with van der Waals surface area (Å²) in [6.45, 7) is 4.33. The van der Waals surface area contributed by atoms with Crippen LogP contribution in [0, 0.1) is 12.8 Å². The molecule has 25 heavy (non-hydrogen) atoms. The number of pyridine rings is 1. The Hall–Kier alpha value is -2.04. The molecule has 2 unspecified atom stereocenters. The Labute approximate surface area is 148 Å². The van der Waals surface area contributed by atoms with Gasteiger partial charge in [-0.3, -0.25) is 14.7 Å². The van der Waals surface area contributed by atoms with Crippen molar-refractivity contribution in [3.8, 4) is 0 Å². The van der Waals surface area contributed by atoms with Gasteiger partial charge < -0.3 is 4.74 Å². The number of morpholine rings is 1. The molecule has 0 aliphatic carbocycles. The lowest BCUT2D eigenvalue weighted by Gasteiger charge is -2.48. The van der Waals surface area contributed by atoms with Crippen molar-refractivity contribution in [3.05, 3.63) is 65.5 Å². The number of carbonyl (C=O) groups excluding carboxylic acids is 1. The van der Waals surface area contributed by atoms with Gasteiger partial charge in [0.05, 0.1) is 13.2 Å². The number of rotatable bonds is 4. The zero-order valence-electron chi connectivity index (χ0n) is 14.6. The fourth-order valence-electron chi connectivity index (χ4n) is 4.19. The van der Waals surface area contributed by atoms with Crippen molar-refractivity contribution in [2.24, 2.45) is 5.92 Å². The summed E-state index contributed by atoms with van der Waals surface area (Å²) < 4.78 is 5.79. The van der Waals surface area contributed by atoms with Crippen molar-refractivity contribution in [1.29, 1.82) is 0 Å². The molecule has 0 spiro atoms. The Balaban J connectivity index is 1.51. The first-order valence-electron chi connectivity index (χ1n) is 9.05. The van der Waals surface area contributed by atoms with E-state index in [1.54, 1.807) is 6.20 Å². The number of benzene rings is 1. The Morgan fingerprint density at radius 1 is 1.12 bits per heavy atom. The number of ether oxygens (including phenoxy) is 1. The number of Topliss-reactive ketones (excluding diaryl/α,β-unsaturated/α-hetero) is 1. The van der Waals surface area contributed by atoms with Crippen LogP contribution in [0.25, 0.3) is 0 Å². The molecule has 0 N–H and O–H groups in total. The molecule has 130 valence electrons. The minimum absolute atomic E-state index is 0.0551. The second-order valence-electron chi connectivity index (χ2n) is 7.20. The molecule has 2 aliphatic heterocycles. The van der Waals surface area contributed by atoms with Crippen LogP contribution in [0.5, 0.6) is 0 Å². The maximum atomic E-state index is 13.0. The molecular formula is C21H24N2O2. The van der Waals surface area contributed by atoms with E-state index in [4.69, 9.17) is 4.74 Å². The van der Waals surface area contributed by atoms with Crippen LogP contribution in [0.4, 0.5) is 0 Å². The quantitative estimate of drug-likeness (QED) is 0.804. The van der Waals surface area contributed by atoms with E-state index in [1.807, 2.05) is 25.1 Å². The summed E-state index contributed by atoms with van der Waals surface area (Å²) in [4.78, 5) is 19.9. The number of fused-ring (bicyclic) bond motifs is 2. The number of ketones is 1. The monoisotopic (exact) mass is 336 g/mol. The molecule has 2 saturated heterocycles. The van der Waals surface area contributed by atoms with Crippen molar-refractivity contribution in [2.45, 2.75) is 38.4 Å². The summed E-state index contributed by atoms with van der Waals surface area (Å²) in [5.41, 5.74) is 2.94. The van der Waals surface area contributed by atoms with Crippen LogP contribution in [0.1, 0.15) is 34.5 Å². The van der Waals surface area contributed by atoms with E-state index in [2.05, 4.69) is 34.1 Å². The van der Waals surface area contributed by atoms with Crippen molar-refractivity contribution in [1.82, 2.24) is 9.88 Å². The first-order valence-corrected chi connectivity index (χ1v) is 9.05. The Morgan fingerprint density at radius 3 is 2.52 bits per heavy atom. The predicted molar refractivity (Wildman–Crippen MR) is 96.4 cm³/mol. The maximum Gasteiger partial charge on any atom is 0.184 e. The highest BCUT2D eigenvalue weighted by atomic mass is 16.5. The van der Waals surface area contributed by atoms with Crippen molar-refractivity contribution in [3.63, 3.8) is 0 Å². The van der Waals surface area contributed by atoms with Crippen LogP contribution in [0.3, 0.4) is 0 Å². The van der Waals surface area contributed by atoms with Crippen molar-refractivity contribution >= 4 is 5.78 Å². The highest BCUT2D eigenvalue weighted by Crippen LogP contribution is 2.34. The van der Waals surface area contributed by atoms with E-state index in [-0.39, 0.29) is 11.7 Å². The van der Waals surface area contributed by atoms with Gasteiger partial charge in [-0.05, 0) is 37.0 Å². The molecule has 0 amide bonds. The van der Waals surface area contributed by atoms with Gasteiger partial charge in [-0.2, -0.15) is 0 Å². The van der Waals surface area contributed by atoms with Crippen LogP contribution in [0.2, 0.25) is 0 Å². The molecule has 4 nitrogen and oxygen atoms in total. The number of aryl methyl sites for hydroxylation is 1. The normalized spacial score (nSPS) is 26.4. The molecule has 1 aromatic heterocycles. The molecular weight excluding hydrogens is 312 g/mol. The summed E-state index contributed by atoms with van der Waals surface area (Å²) in [7, 11) is 0. The third-order valence-electron chi connectivity index (χ3n) is 5.49. The molecule has 0 radical (unpaired) electrons. The van der Waals surface area contributed by atoms with Crippen molar-refractivity contribution < 1.29 is 9.53 Å². The van der Waals surface area contributed by atoms with Crippen LogP contribution < -0.4 is 0 Å². The van der Waals surface area contributed by atoms with Gasteiger partial charge in [-0.15, -0.1) is 0 Å². The minimum Gasteiger partial charge on any atom is -0.378 e. The molecule has 1 aromatic carbocycles. The molecule has 2 aliphatic rings. The zero-order valence-corrected chi connectivity index (χ0v) is 14.6. The molecule has 2 fully saturated rings. The largest absolute Gasteiger partial charge is 0.378 e. The summed E-state index contributed by atoms with van der Waals surface area (Å²) in [5, 5.41) is 0. The topological polar surface area (TPSA) is 42.4 Å². The van der Waals surface area contributed by atoms with Gasteiger partial charge in [0.2, 0.25) is 0 Å². The van der Waals surface area contributed by atoms with Crippen LogP contribution in [0.15, 0.2) is 48.7 Å². The maximum absolute atomic E-state index is 13.0. The smallest absolute Gasteiger partial charge is 0.184 e. The van der Waals surface area contributed by atoms with E-state index in [0.717, 1.165) is 24.9 Å². The van der Waals surface area contributed by atoms with Gasteiger partial charge in [0.15, 0.2) is 5.78 Å². The molecule has 2 bridgehead atoms. The third-order valence-corrected chi connectivity index (χ3v) is 5.49. The summed E-state index contributed by atoms with van der Waals surface area (Å²) in [6, 6.07) is 15.0. The van der Waals surface area contributed by atoms with Gasteiger partial charge in [0.25, 0.3) is 0 Å². The molecule has 4 rings (SSSR count). The standard InChI is InChI=1S/C21H24N2O2/c1-15-6-5-9-22-20(15)21(24)17-10-18-13-25-14-19(11-17)23(18)12-16-7-3-2-4-8-16/h2-9,17-19H,10-14H2,1H3. The van der Waals surface area contributed by atoms with Gasteiger partial charge in [-0.1, -0.05) is 36.4 Å². The van der Waals surface area contributed by atoms with E-state index in [0.29, 0.717) is 31.0 Å². The highest BCUT2D eigenvalue weighted by molar-refractivity contribution is 5.97. The van der Waals surface area contributed by atoms with Crippen molar-refractivity contribution in [2.75, 3.05) is 13.2 Å². The number of nitrogens with zero attached hydrogens (tertiary/aromatic N) is 2. The van der Waals surface area contributed by atoms with Crippen LogP contribution >= 0.6 is 0 Å². The predicted octanol–water partition coefficient (Wildman–Crippen LogP) is 3.25. The Bertz CT molecular complexity index is 733. The molecule has 2 aromatic rings. The number of aromatic nitrogens is 1. The molecule has 4 heteroatoms. The number of piperidine rings is 1. The fourth-order valence-corrected chi connectivity index (χ4v) is 4.19. The van der Waals surface area contributed by atoms with Gasteiger partial charge in [0, 0.05) is 30.7 Å². The van der Waals surface area contributed by atoms with Crippen LogP contribution in [-0.4, -0.2) is 41.0 Å². The van der Waals surface area contributed by atoms with E-state index < -0.39 is 0 Å². The lowest BCUT2D eigenvalue weighted by atomic mass is 9.81. The summed E-state index contributed by atoms with van der Waals surface area (Å²) in [6.07, 6.45) is 3.44. The average molecular weight is 336 g/mol. The van der Waals surface area contributed by atoms with E-state index >= 15 is 0 Å². The average Bonchev–Trinajstić information content (AvgIpc) is 2.62.